The second-order valence-corrected chi connectivity index (χ2v) is 5.42. The normalized spacial score (nSPS) is 12.8. The van der Waals surface area contributed by atoms with Crippen molar-refractivity contribution in [3.05, 3.63) is 10.8 Å². The first-order chi connectivity index (χ1) is 5.07. The second-order valence-electron chi connectivity index (χ2n) is 2.00. The van der Waals surface area contributed by atoms with Gasteiger partial charge in [0, 0.05) is 0 Å². The van der Waals surface area contributed by atoms with E-state index in [1.165, 1.54) is 0 Å². The van der Waals surface area contributed by atoms with E-state index in [1.807, 2.05) is 0 Å². The first-order valence-electron chi connectivity index (χ1n) is 2.59. The van der Waals surface area contributed by atoms with E-state index in [2.05, 4.69) is 0 Å². The van der Waals surface area contributed by atoms with Crippen molar-refractivity contribution >= 4 is 15.2 Å². The van der Waals surface area contributed by atoms with Crippen LogP contribution in [-0.2, 0) is 9.13 Å². The fourth-order valence-corrected chi connectivity index (χ4v) is 2.79. The average molecular weight is 218 g/mol. The second kappa shape index (κ2) is 3.30. The van der Waals surface area contributed by atoms with Crippen molar-refractivity contribution in [1.82, 2.24) is 0 Å². The molecule has 0 radical (unpaired) electrons. The van der Waals surface area contributed by atoms with Gasteiger partial charge in [-0.1, -0.05) is 0 Å². The molecule has 5 N–H and O–H groups in total. The summed E-state index contributed by atoms with van der Waals surface area (Å²) in [4.78, 5) is 33.5. The van der Waals surface area contributed by atoms with Crippen LogP contribution in [-0.4, -0.2) is 24.7 Å². The lowest BCUT2D eigenvalue weighted by atomic mass is 10.7. The highest BCUT2D eigenvalue weighted by molar-refractivity contribution is 7.77. The molecular weight excluding hydrogens is 210 g/mol. The van der Waals surface area contributed by atoms with Gasteiger partial charge in [-0.2, -0.15) is 0 Å². The molecule has 72 valence electrons. The maximum absolute atomic E-state index is 10.4. The van der Waals surface area contributed by atoms with Crippen LogP contribution in [0.25, 0.3) is 0 Å². The van der Waals surface area contributed by atoms with Crippen LogP contribution in [0.15, 0.2) is 10.8 Å². The van der Waals surface area contributed by atoms with Gasteiger partial charge in [0.2, 0.25) is 0 Å². The number of hydrogen-bond acceptors (Lipinski definition) is 3. The van der Waals surface area contributed by atoms with Crippen LogP contribution < -0.4 is 0 Å². The largest absolute Gasteiger partial charge is 0.511 e. The summed E-state index contributed by atoms with van der Waals surface area (Å²) in [6, 6.07) is 0. The fourth-order valence-electron chi connectivity index (χ4n) is 0.591. The van der Waals surface area contributed by atoms with Gasteiger partial charge in [-0.15, -0.1) is 0 Å². The fraction of sp³-hybridized carbons (Fsp3) is 0.333. The highest BCUT2D eigenvalue weighted by Gasteiger charge is 2.38. The Hall–Kier alpha value is -0.160. The molecule has 0 saturated heterocycles. The Labute approximate surface area is 67.7 Å². The number of hydrogen-bond donors (Lipinski definition) is 5. The van der Waals surface area contributed by atoms with Crippen molar-refractivity contribution in [3.8, 4) is 0 Å². The zero-order valence-corrected chi connectivity index (χ0v) is 7.74. The molecule has 0 aliphatic carbocycles. The van der Waals surface area contributed by atoms with Crippen molar-refractivity contribution in [1.29, 1.82) is 0 Å². The monoisotopic (exact) mass is 218 g/mol. The molecule has 7 nitrogen and oxygen atoms in total. The van der Waals surface area contributed by atoms with Crippen LogP contribution in [0.2, 0.25) is 0 Å². The molecule has 0 atom stereocenters. The van der Waals surface area contributed by atoms with Gasteiger partial charge in [-0.25, -0.2) is 0 Å². The molecule has 0 fully saturated rings. The van der Waals surface area contributed by atoms with Gasteiger partial charge in [-0.3, -0.25) is 9.13 Å². The highest BCUT2D eigenvalue weighted by atomic mass is 31.2. The maximum atomic E-state index is 10.4. The molecular formula is C3H8O7P2. The summed E-state index contributed by atoms with van der Waals surface area (Å²) in [7, 11) is -10.2. The standard InChI is InChI=1S/C3H8O7P2/c1-2(4)3(11(5,6)7)12(8,9)10/h4H,1H3,(H2,5,6,7)(H2,8,9,10). The molecule has 0 aromatic heterocycles. The third kappa shape index (κ3) is 3.06. The van der Waals surface area contributed by atoms with Crippen molar-refractivity contribution in [2.24, 2.45) is 0 Å². The van der Waals surface area contributed by atoms with Gasteiger partial charge in [0.15, 0.2) is 5.06 Å². The summed E-state index contributed by atoms with van der Waals surface area (Å²) in [5.74, 6) is -1.06. The lowest BCUT2D eigenvalue weighted by Crippen LogP contribution is -1.92. The number of aliphatic hydroxyl groups excluding tert-OH is 1. The molecule has 0 aliphatic heterocycles. The number of aliphatic hydroxyl groups is 1. The van der Waals surface area contributed by atoms with Crippen LogP contribution in [0.4, 0.5) is 0 Å². The molecule has 0 spiro atoms. The molecule has 0 saturated carbocycles. The van der Waals surface area contributed by atoms with Gasteiger partial charge in [0.05, 0.1) is 0 Å². The molecule has 0 amide bonds. The van der Waals surface area contributed by atoms with Crippen molar-refractivity contribution in [2.75, 3.05) is 0 Å². The van der Waals surface area contributed by atoms with E-state index in [-0.39, 0.29) is 0 Å². The third-order valence-electron chi connectivity index (χ3n) is 0.875. The molecule has 0 aromatic rings. The zero-order valence-electron chi connectivity index (χ0n) is 5.95. The summed E-state index contributed by atoms with van der Waals surface area (Å²) in [5, 5.41) is 7.05. The first-order valence-corrected chi connectivity index (χ1v) is 5.81. The smallest absolute Gasteiger partial charge is 0.367 e. The summed E-state index contributed by atoms with van der Waals surface area (Å²) in [6.07, 6.45) is 0. The van der Waals surface area contributed by atoms with Crippen LogP contribution in [0.5, 0.6) is 0 Å². The van der Waals surface area contributed by atoms with E-state index >= 15 is 0 Å². The molecule has 0 heterocycles. The lowest BCUT2D eigenvalue weighted by molar-refractivity contribution is 0.355. The molecule has 0 rings (SSSR count). The Balaban J connectivity index is 5.45. The molecule has 0 aromatic carbocycles. The molecule has 9 heteroatoms. The van der Waals surface area contributed by atoms with Crippen molar-refractivity contribution < 1.29 is 33.8 Å². The van der Waals surface area contributed by atoms with Gasteiger partial charge in [-0.05, 0) is 6.92 Å². The van der Waals surface area contributed by atoms with E-state index < -0.39 is 26.0 Å². The highest BCUT2D eigenvalue weighted by Crippen LogP contribution is 2.64. The Morgan fingerprint density at radius 2 is 1.25 bits per heavy atom. The summed E-state index contributed by atoms with van der Waals surface area (Å²) < 4.78 is 20.8. The SMILES string of the molecule is CC(O)=C(P(=O)(O)O)P(=O)(O)O. The topological polar surface area (TPSA) is 135 Å². The average Bonchev–Trinajstić information content (AvgIpc) is 1.49. The van der Waals surface area contributed by atoms with Crippen LogP contribution in [0.1, 0.15) is 6.92 Å². The van der Waals surface area contributed by atoms with Gasteiger partial charge >= 0.3 is 15.2 Å². The first kappa shape index (κ1) is 11.8. The van der Waals surface area contributed by atoms with Crippen molar-refractivity contribution in [3.63, 3.8) is 0 Å². The number of rotatable bonds is 2. The number of allylic oxidation sites excluding steroid dienone is 1. The Kier molecular flexibility index (Phi) is 3.25. The summed E-state index contributed by atoms with van der Waals surface area (Å²) in [6.45, 7) is 0.785. The lowest BCUT2D eigenvalue weighted by Gasteiger charge is -2.10. The van der Waals surface area contributed by atoms with Gasteiger partial charge in [0.1, 0.15) is 5.76 Å². The molecule has 12 heavy (non-hydrogen) atoms. The third-order valence-corrected chi connectivity index (χ3v) is 4.19. The van der Waals surface area contributed by atoms with E-state index in [9.17, 15) is 9.13 Å². The molecule has 0 aliphatic rings. The summed E-state index contributed by atoms with van der Waals surface area (Å²) >= 11 is 0. The predicted octanol–water partition coefficient (Wildman–Crippen LogP) is 0.0888. The Morgan fingerprint density at radius 1 is 1.00 bits per heavy atom. The van der Waals surface area contributed by atoms with Gasteiger partial charge < -0.3 is 24.7 Å². The quantitative estimate of drug-likeness (QED) is 0.327. The van der Waals surface area contributed by atoms with E-state index in [0.717, 1.165) is 6.92 Å². The maximum Gasteiger partial charge on any atom is 0.367 e. The van der Waals surface area contributed by atoms with Crippen LogP contribution in [0, 0.1) is 0 Å². The summed E-state index contributed by atoms with van der Waals surface area (Å²) in [5.41, 5.74) is 0. The zero-order chi connectivity index (χ0) is 10.2. The van der Waals surface area contributed by atoms with E-state index in [1.54, 1.807) is 0 Å². The van der Waals surface area contributed by atoms with E-state index in [4.69, 9.17) is 24.7 Å². The van der Waals surface area contributed by atoms with Crippen LogP contribution >= 0.6 is 15.2 Å². The minimum atomic E-state index is -5.09. The minimum absolute atomic E-state index is 0.785. The minimum Gasteiger partial charge on any atom is -0.511 e. The van der Waals surface area contributed by atoms with Gasteiger partial charge in [0.25, 0.3) is 0 Å². The van der Waals surface area contributed by atoms with E-state index in [0.29, 0.717) is 0 Å². The molecule has 0 unspecified atom stereocenters. The van der Waals surface area contributed by atoms with Crippen molar-refractivity contribution in [2.45, 2.75) is 6.92 Å². The Bertz CT molecular complexity index is 264. The Morgan fingerprint density at radius 3 is 1.25 bits per heavy atom. The van der Waals surface area contributed by atoms with Crippen LogP contribution in [0.3, 0.4) is 0 Å². The molecule has 0 bridgehead atoms. The predicted molar refractivity (Wildman–Crippen MR) is 39.4 cm³/mol.